The minimum Gasteiger partial charge on any atom is -0.376 e. The van der Waals surface area contributed by atoms with Crippen molar-refractivity contribution in [1.29, 1.82) is 0 Å². The second kappa shape index (κ2) is 5.31. The number of rotatable bonds is 4. The van der Waals surface area contributed by atoms with E-state index >= 15 is 0 Å². The van der Waals surface area contributed by atoms with Crippen LogP contribution < -0.4 is 5.73 Å². The molecule has 0 aromatic carbocycles. The van der Waals surface area contributed by atoms with Crippen LogP contribution in [-0.2, 0) is 4.74 Å². The molecule has 0 radical (unpaired) electrons. The molecular formula is C13H27NO. The summed E-state index contributed by atoms with van der Waals surface area (Å²) in [6.45, 7) is 8.04. The van der Waals surface area contributed by atoms with Crippen molar-refractivity contribution in [2.45, 2.75) is 64.9 Å². The molecular weight excluding hydrogens is 186 g/mol. The summed E-state index contributed by atoms with van der Waals surface area (Å²) in [4.78, 5) is 0. The molecule has 1 rings (SSSR count). The van der Waals surface area contributed by atoms with Gasteiger partial charge in [-0.1, -0.05) is 19.3 Å². The van der Waals surface area contributed by atoms with Gasteiger partial charge in [0.25, 0.3) is 0 Å². The molecule has 0 spiro atoms. The van der Waals surface area contributed by atoms with Gasteiger partial charge in [-0.05, 0) is 52.0 Å². The van der Waals surface area contributed by atoms with E-state index in [4.69, 9.17) is 10.5 Å². The van der Waals surface area contributed by atoms with Crippen LogP contribution in [0.25, 0.3) is 0 Å². The zero-order valence-corrected chi connectivity index (χ0v) is 10.6. The van der Waals surface area contributed by atoms with Crippen LogP contribution in [-0.4, -0.2) is 18.8 Å². The van der Waals surface area contributed by atoms with Crippen molar-refractivity contribution in [2.75, 3.05) is 13.2 Å². The van der Waals surface area contributed by atoms with Crippen LogP contribution in [0, 0.1) is 5.41 Å². The van der Waals surface area contributed by atoms with Crippen LogP contribution in [0.5, 0.6) is 0 Å². The predicted molar refractivity (Wildman–Crippen MR) is 64.9 cm³/mol. The summed E-state index contributed by atoms with van der Waals surface area (Å²) >= 11 is 0. The predicted octanol–water partition coefficient (Wildman–Crippen LogP) is 3.10. The fraction of sp³-hybridized carbons (Fsp3) is 1.00. The summed E-state index contributed by atoms with van der Waals surface area (Å²) in [5.74, 6) is 0. The summed E-state index contributed by atoms with van der Waals surface area (Å²) in [6.07, 6.45) is 7.84. The molecule has 0 bridgehead atoms. The fourth-order valence-corrected chi connectivity index (χ4v) is 2.43. The first-order valence-corrected chi connectivity index (χ1v) is 6.32. The molecule has 0 aliphatic heterocycles. The summed E-state index contributed by atoms with van der Waals surface area (Å²) in [5.41, 5.74) is 6.32. The fourth-order valence-electron chi connectivity index (χ4n) is 2.43. The smallest absolute Gasteiger partial charge is 0.0598 e. The molecule has 15 heavy (non-hydrogen) atoms. The van der Waals surface area contributed by atoms with E-state index in [0.29, 0.717) is 5.41 Å². The third-order valence-electron chi connectivity index (χ3n) is 3.51. The maximum Gasteiger partial charge on any atom is 0.0598 e. The van der Waals surface area contributed by atoms with Gasteiger partial charge in [-0.25, -0.2) is 0 Å². The SMILES string of the molecule is CC(C)(C)OCCC1(CN)CCCCC1. The Morgan fingerprint density at radius 2 is 1.73 bits per heavy atom. The average molecular weight is 213 g/mol. The van der Waals surface area contributed by atoms with Gasteiger partial charge in [0.2, 0.25) is 0 Å². The Morgan fingerprint density at radius 1 is 1.13 bits per heavy atom. The van der Waals surface area contributed by atoms with Crippen molar-refractivity contribution >= 4 is 0 Å². The van der Waals surface area contributed by atoms with Crippen molar-refractivity contribution in [3.8, 4) is 0 Å². The minimum absolute atomic E-state index is 0.00947. The quantitative estimate of drug-likeness (QED) is 0.779. The minimum atomic E-state index is -0.00947. The van der Waals surface area contributed by atoms with Crippen molar-refractivity contribution in [3.63, 3.8) is 0 Å². The standard InChI is InChI=1S/C13H27NO/c1-12(2,3)15-10-9-13(11-14)7-5-4-6-8-13/h4-11,14H2,1-3H3. The topological polar surface area (TPSA) is 35.2 Å². The van der Waals surface area contributed by atoms with Crippen LogP contribution in [0.15, 0.2) is 0 Å². The van der Waals surface area contributed by atoms with Gasteiger partial charge in [0.05, 0.1) is 5.60 Å². The highest BCUT2D eigenvalue weighted by Gasteiger charge is 2.30. The van der Waals surface area contributed by atoms with Crippen LogP contribution >= 0.6 is 0 Å². The summed E-state index contributed by atoms with van der Waals surface area (Å²) in [5, 5.41) is 0. The first kappa shape index (κ1) is 13.0. The van der Waals surface area contributed by atoms with Gasteiger partial charge in [0.1, 0.15) is 0 Å². The van der Waals surface area contributed by atoms with Gasteiger partial charge < -0.3 is 10.5 Å². The molecule has 0 unspecified atom stereocenters. The monoisotopic (exact) mass is 213 g/mol. The third kappa shape index (κ3) is 4.52. The maximum absolute atomic E-state index is 5.93. The van der Waals surface area contributed by atoms with Crippen LogP contribution in [0.3, 0.4) is 0 Å². The zero-order chi connectivity index (χ0) is 11.4. The largest absolute Gasteiger partial charge is 0.376 e. The molecule has 2 heteroatoms. The molecule has 2 N–H and O–H groups in total. The Balaban J connectivity index is 2.33. The van der Waals surface area contributed by atoms with Gasteiger partial charge >= 0.3 is 0 Å². The van der Waals surface area contributed by atoms with E-state index in [-0.39, 0.29) is 5.60 Å². The number of nitrogens with two attached hydrogens (primary N) is 1. The van der Waals surface area contributed by atoms with Crippen molar-refractivity contribution in [2.24, 2.45) is 11.1 Å². The van der Waals surface area contributed by atoms with E-state index in [1.807, 2.05) is 0 Å². The zero-order valence-electron chi connectivity index (χ0n) is 10.6. The van der Waals surface area contributed by atoms with Gasteiger partial charge in [0.15, 0.2) is 0 Å². The van der Waals surface area contributed by atoms with Gasteiger partial charge in [0, 0.05) is 6.61 Å². The molecule has 0 atom stereocenters. The van der Waals surface area contributed by atoms with E-state index < -0.39 is 0 Å². The lowest BCUT2D eigenvalue weighted by Crippen LogP contribution is -2.35. The third-order valence-corrected chi connectivity index (χ3v) is 3.51. The maximum atomic E-state index is 5.93. The molecule has 1 aliphatic carbocycles. The molecule has 1 aliphatic rings. The van der Waals surface area contributed by atoms with E-state index in [1.54, 1.807) is 0 Å². The Hall–Kier alpha value is -0.0800. The molecule has 0 aromatic rings. The van der Waals surface area contributed by atoms with E-state index in [2.05, 4.69) is 20.8 Å². The van der Waals surface area contributed by atoms with Crippen molar-refractivity contribution in [3.05, 3.63) is 0 Å². The van der Waals surface area contributed by atoms with Crippen molar-refractivity contribution in [1.82, 2.24) is 0 Å². The Labute approximate surface area is 94.6 Å². The highest BCUT2D eigenvalue weighted by molar-refractivity contribution is 4.83. The van der Waals surface area contributed by atoms with Gasteiger partial charge in [-0.15, -0.1) is 0 Å². The molecule has 0 heterocycles. The second-order valence-corrected chi connectivity index (χ2v) is 5.98. The van der Waals surface area contributed by atoms with Crippen LogP contribution in [0.1, 0.15) is 59.3 Å². The molecule has 1 saturated carbocycles. The van der Waals surface area contributed by atoms with Gasteiger partial charge in [-0.3, -0.25) is 0 Å². The normalized spacial score (nSPS) is 21.6. The Kier molecular flexibility index (Phi) is 4.60. The highest BCUT2D eigenvalue weighted by atomic mass is 16.5. The first-order valence-electron chi connectivity index (χ1n) is 6.32. The van der Waals surface area contributed by atoms with E-state index in [9.17, 15) is 0 Å². The lowest BCUT2D eigenvalue weighted by Gasteiger charge is -2.37. The molecule has 0 saturated heterocycles. The first-order chi connectivity index (χ1) is 6.97. The summed E-state index contributed by atoms with van der Waals surface area (Å²) < 4.78 is 5.80. The van der Waals surface area contributed by atoms with Gasteiger partial charge in [-0.2, -0.15) is 0 Å². The van der Waals surface area contributed by atoms with E-state index in [0.717, 1.165) is 19.6 Å². The molecule has 1 fully saturated rings. The Bertz CT molecular complexity index is 177. The number of hydrogen-bond acceptors (Lipinski definition) is 2. The summed E-state index contributed by atoms with van der Waals surface area (Å²) in [7, 11) is 0. The van der Waals surface area contributed by atoms with Crippen LogP contribution in [0.2, 0.25) is 0 Å². The molecule has 0 amide bonds. The second-order valence-electron chi connectivity index (χ2n) is 5.98. The molecule has 2 nitrogen and oxygen atoms in total. The molecule has 0 aromatic heterocycles. The summed E-state index contributed by atoms with van der Waals surface area (Å²) in [6, 6.07) is 0. The lowest BCUT2D eigenvalue weighted by molar-refractivity contribution is -0.0225. The Morgan fingerprint density at radius 3 is 2.20 bits per heavy atom. The van der Waals surface area contributed by atoms with Crippen LogP contribution in [0.4, 0.5) is 0 Å². The number of ether oxygens (including phenoxy) is 1. The number of hydrogen-bond donors (Lipinski definition) is 1. The average Bonchev–Trinajstić information content (AvgIpc) is 2.17. The van der Waals surface area contributed by atoms with E-state index in [1.165, 1.54) is 32.1 Å². The van der Waals surface area contributed by atoms with Crippen molar-refractivity contribution < 1.29 is 4.74 Å². The lowest BCUT2D eigenvalue weighted by atomic mass is 9.72. The highest BCUT2D eigenvalue weighted by Crippen LogP contribution is 2.38. The molecule has 90 valence electrons.